The van der Waals surface area contributed by atoms with Crippen molar-refractivity contribution >= 4 is 21.7 Å². The molecule has 1 aromatic rings. The average Bonchev–Trinajstić information content (AvgIpc) is 2.63. The van der Waals surface area contributed by atoms with Gasteiger partial charge in [0.1, 0.15) is 12.4 Å². The summed E-state index contributed by atoms with van der Waals surface area (Å²) < 4.78 is 26.9. The Labute approximate surface area is 126 Å². The van der Waals surface area contributed by atoms with Crippen molar-refractivity contribution in [3.8, 4) is 0 Å². The molecular formula is C13H24N4O3S. The third kappa shape index (κ3) is 4.73. The predicted molar refractivity (Wildman–Crippen MR) is 82.7 cm³/mol. The molecule has 0 atom stereocenters. The Morgan fingerprint density at radius 1 is 1.38 bits per heavy atom. The molecule has 0 N–H and O–H groups in total. The zero-order valence-electron chi connectivity index (χ0n) is 13.5. The van der Waals surface area contributed by atoms with Crippen LogP contribution in [0, 0.1) is 12.8 Å². The van der Waals surface area contributed by atoms with Crippen LogP contribution in [-0.4, -0.2) is 55.9 Å². The van der Waals surface area contributed by atoms with Crippen LogP contribution in [0.15, 0.2) is 6.07 Å². The van der Waals surface area contributed by atoms with E-state index in [0.717, 1.165) is 16.3 Å². The van der Waals surface area contributed by atoms with Crippen molar-refractivity contribution in [2.45, 2.75) is 27.3 Å². The highest BCUT2D eigenvalue weighted by atomic mass is 32.2. The summed E-state index contributed by atoms with van der Waals surface area (Å²) in [5.74, 6) is 0.461. The molecule has 120 valence electrons. The predicted octanol–water partition coefficient (Wildman–Crippen LogP) is 0.702. The molecule has 0 aliphatic heterocycles. The topological polar surface area (TPSA) is 75.5 Å². The highest BCUT2D eigenvalue weighted by molar-refractivity contribution is 7.92. The first-order chi connectivity index (χ1) is 9.52. The quantitative estimate of drug-likeness (QED) is 0.774. The van der Waals surface area contributed by atoms with Crippen LogP contribution in [0.1, 0.15) is 19.5 Å². The molecule has 1 rings (SSSR count). The summed E-state index contributed by atoms with van der Waals surface area (Å²) in [5.41, 5.74) is 0.719. The van der Waals surface area contributed by atoms with E-state index in [9.17, 15) is 13.2 Å². The third-order valence-corrected chi connectivity index (χ3v) is 3.97. The second kappa shape index (κ2) is 6.46. The van der Waals surface area contributed by atoms with Gasteiger partial charge in [-0.15, -0.1) is 0 Å². The fourth-order valence-corrected chi connectivity index (χ4v) is 2.68. The first-order valence-electron chi connectivity index (χ1n) is 6.74. The summed E-state index contributed by atoms with van der Waals surface area (Å²) in [6, 6.07) is 1.69. The Bertz CT molecular complexity index is 605. The number of rotatable bonds is 6. The number of anilines is 1. The largest absolute Gasteiger partial charge is 0.347 e. The van der Waals surface area contributed by atoms with E-state index in [0.29, 0.717) is 18.3 Å². The molecule has 8 heteroatoms. The number of hydrogen-bond donors (Lipinski definition) is 0. The van der Waals surface area contributed by atoms with Gasteiger partial charge in [0.15, 0.2) is 0 Å². The number of carbonyl (C=O) groups is 1. The molecule has 0 aliphatic carbocycles. The van der Waals surface area contributed by atoms with E-state index >= 15 is 0 Å². The molecule has 0 aliphatic rings. The molecule has 0 saturated carbocycles. The summed E-state index contributed by atoms with van der Waals surface area (Å²) >= 11 is 0. The summed E-state index contributed by atoms with van der Waals surface area (Å²) in [6.07, 6.45) is 1.10. The first-order valence-corrected chi connectivity index (χ1v) is 8.59. The Balaban J connectivity index is 3.24. The number of hydrogen-bond acceptors (Lipinski definition) is 4. The van der Waals surface area contributed by atoms with Gasteiger partial charge in [-0.2, -0.15) is 5.10 Å². The highest BCUT2D eigenvalue weighted by Gasteiger charge is 2.25. The fourth-order valence-electron chi connectivity index (χ4n) is 1.85. The van der Waals surface area contributed by atoms with Crippen LogP contribution in [0.2, 0.25) is 0 Å². The SMILES string of the molecule is Cc1cc(N(CC(=O)N(C)C)S(C)(=O)=O)n(CC(C)C)n1. The molecule has 0 aromatic carbocycles. The molecular weight excluding hydrogens is 292 g/mol. The van der Waals surface area contributed by atoms with Crippen molar-refractivity contribution in [3.63, 3.8) is 0 Å². The van der Waals surface area contributed by atoms with Gasteiger partial charge in [0.25, 0.3) is 0 Å². The minimum Gasteiger partial charge on any atom is -0.347 e. The fraction of sp³-hybridized carbons (Fsp3) is 0.692. The summed E-state index contributed by atoms with van der Waals surface area (Å²) in [7, 11) is -0.373. The lowest BCUT2D eigenvalue weighted by atomic mass is 10.2. The standard InChI is InChI=1S/C13H24N4O3S/c1-10(2)8-16-12(7-11(3)14-16)17(21(6,19)20)9-13(18)15(4)5/h7,10H,8-9H2,1-6H3. The molecule has 0 spiro atoms. The normalized spacial score (nSPS) is 11.8. The molecule has 21 heavy (non-hydrogen) atoms. The van der Waals surface area contributed by atoms with Crippen molar-refractivity contribution in [2.24, 2.45) is 5.92 Å². The number of aromatic nitrogens is 2. The molecule has 0 unspecified atom stereocenters. The van der Waals surface area contributed by atoms with Crippen molar-refractivity contribution in [3.05, 3.63) is 11.8 Å². The number of carbonyl (C=O) groups excluding carboxylic acids is 1. The van der Waals surface area contributed by atoms with Gasteiger partial charge in [0.05, 0.1) is 11.9 Å². The smallest absolute Gasteiger partial charge is 0.242 e. The first kappa shape index (κ1) is 17.5. The summed E-state index contributed by atoms with van der Waals surface area (Å²) in [5, 5.41) is 4.32. The van der Waals surface area contributed by atoms with Crippen LogP contribution >= 0.6 is 0 Å². The van der Waals surface area contributed by atoms with Gasteiger partial charge in [0, 0.05) is 26.7 Å². The molecule has 0 saturated heterocycles. The molecule has 7 nitrogen and oxygen atoms in total. The van der Waals surface area contributed by atoms with Gasteiger partial charge in [-0.25, -0.2) is 17.4 Å². The lowest BCUT2D eigenvalue weighted by Gasteiger charge is -2.24. The second-order valence-corrected chi connectivity index (χ2v) is 7.68. The van der Waals surface area contributed by atoms with E-state index in [-0.39, 0.29) is 12.5 Å². The van der Waals surface area contributed by atoms with Gasteiger partial charge in [0.2, 0.25) is 15.9 Å². The van der Waals surface area contributed by atoms with Crippen molar-refractivity contribution in [2.75, 3.05) is 31.2 Å². The van der Waals surface area contributed by atoms with Gasteiger partial charge in [-0.3, -0.25) is 4.79 Å². The third-order valence-electron chi connectivity index (χ3n) is 2.85. The molecule has 0 bridgehead atoms. The minimum absolute atomic E-state index is 0.227. The number of aryl methyl sites for hydroxylation is 1. The van der Waals surface area contributed by atoms with E-state index in [1.807, 2.05) is 13.8 Å². The van der Waals surface area contributed by atoms with Crippen LogP contribution < -0.4 is 4.31 Å². The lowest BCUT2D eigenvalue weighted by molar-refractivity contribution is -0.127. The minimum atomic E-state index is -3.57. The van der Waals surface area contributed by atoms with Crippen LogP contribution in [-0.2, 0) is 21.4 Å². The van der Waals surface area contributed by atoms with E-state index in [1.165, 1.54) is 4.90 Å². The van der Waals surface area contributed by atoms with Crippen LogP contribution in [0.4, 0.5) is 5.82 Å². The number of sulfonamides is 1. The van der Waals surface area contributed by atoms with Gasteiger partial charge in [-0.05, 0) is 12.8 Å². The van der Waals surface area contributed by atoms with Crippen molar-refractivity contribution in [1.29, 1.82) is 0 Å². The van der Waals surface area contributed by atoms with Crippen LogP contribution in [0.25, 0.3) is 0 Å². The second-order valence-electron chi connectivity index (χ2n) is 5.78. The monoisotopic (exact) mass is 316 g/mol. The van der Waals surface area contributed by atoms with Crippen LogP contribution in [0.5, 0.6) is 0 Å². The summed E-state index contributed by atoms with van der Waals surface area (Å²) in [4.78, 5) is 13.3. The van der Waals surface area contributed by atoms with Crippen LogP contribution in [0.3, 0.4) is 0 Å². The van der Waals surface area contributed by atoms with E-state index in [2.05, 4.69) is 5.10 Å². The Kier molecular flexibility index (Phi) is 5.38. The average molecular weight is 316 g/mol. The maximum Gasteiger partial charge on any atom is 0.242 e. The van der Waals surface area contributed by atoms with Gasteiger partial charge >= 0.3 is 0 Å². The Hall–Kier alpha value is -1.57. The number of amides is 1. The van der Waals surface area contributed by atoms with Gasteiger partial charge < -0.3 is 4.90 Å². The number of likely N-dealkylation sites (N-methyl/N-ethyl adjacent to an activating group) is 1. The van der Waals surface area contributed by atoms with Crippen molar-refractivity contribution in [1.82, 2.24) is 14.7 Å². The van der Waals surface area contributed by atoms with E-state index in [4.69, 9.17) is 0 Å². The zero-order valence-corrected chi connectivity index (χ0v) is 14.3. The van der Waals surface area contributed by atoms with E-state index in [1.54, 1.807) is 31.8 Å². The highest BCUT2D eigenvalue weighted by Crippen LogP contribution is 2.20. The molecule has 0 radical (unpaired) electrons. The van der Waals surface area contributed by atoms with Gasteiger partial charge in [-0.1, -0.05) is 13.8 Å². The zero-order chi connectivity index (χ0) is 16.4. The molecule has 1 heterocycles. The Morgan fingerprint density at radius 2 is 1.95 bits per heavy atom. The molecule has 1 aromatic heterocycles. The lowest BCUT2D eigenvalue weighted by Crippen LogP contribution is -2.41. The molecule has 0 fully saturated rings. The maximum atomic E-state index is 12.1. The molecule has 1 amide bonds. The van der Waals surface area contributed by atoms with E-state index < -0.39 is 10.0 Å². The Morgan fingerprint density at radius 3 is 2.38 bits per heavy atom. The maximum absolute atomic E-state index is 12.1. The number of nitrogens with zero attached hydrogens (tertiary/aromatic N) is 4. The van der Waals surface area contributed by atoms with Crippen molar-refractivity contribution < 1.29 is 13.2 Å². The summed E-state index contributed by atoms with van der Waals surface area (Å²) in [6.45, 7) is 6.21.